The number of hydrogen-bond acceptors (Lipinski definition) is 5. The highest BCUT2D eigenvalue weighted by Crippen LogP contribution is 2.32. The van der Waals surface area contributed by atoms with Crippen molar-refractivity contribution in [2.45, 2.75) is 13.8 Å². The van der Waals surface area contributed by atoms with Gasteiger partial charge in [-0.25, -0.2) is 22.4 Å². The second kappa shape index (κ2) is 8.50. The number of ether oxygens (including phenoxy) is 2. The van der Waals surface area contributed by atoms with Gasteiger partial charge in [-0.05, 0) is 13.8 Å². The average Bonchev–Trinajstić information content (AvgIpc) is 2.55. The van der Waals surface area contributed by atoms with Crippen LogP contribution in [0.15, 0.2) is 11.8 Å². The number of Topliss-reactive ketones (excluding diaryl/α,β-unsaturated/α-hetero) is 1. The van der Waals surface area contributed by atoms with E-state index < -0.39 is 51.8 Å². The molecular formula is C16H17F4NO4. The van der Waals surface area contributed by atoms with E-state index in [0.717, 1.165) is 4.90 Å². The first-order chi connectivity index (χ1) is 11.7. The van der Waals surface area contributed by atoms with Gasteiger partial charge >= 0.3 is 5.97 Å². The molecule has 25 heavy (non-hydrogen) atoms. The zero-order chi connectivity index (χ0) is 19.3. The number of ketones is 1. The molecule has 138 valence electrons. The molecule has 1 rings (SSSR count). The fourth-order valence-electron chi connectivity index (χ4n) is 1.95. The Morgan fingerprint density at radius 3 is 2.00 bits per heavy atom. The Hall–Kier alpha value is -2.58. The highest BCUT2D eigenvalue weighted by molar-refractivity contribution is 6.25. The SMILES string of the molecule is CCOC=C(C(=O)OCC)C(=O)c1c(F)c(F)c(F)c(F)c1N(C)C. The molecule has 5 nitrogen and oxygen atoms in total. The van der Waals surface area contributed by atoms with Crippen LogP contribution in [0.3, 0.4) is 0 Å². The second-order valence-electron chi connectivity index (χ2n) is 4.91. The van der Waals surface area contributed by atoms with Gasteiger partial charge in [0.1, 0.15) is 11.8 Å². The summed E-state index contributed by atoms with van der Waals surface area (Å²) in [6, 6.07) is 0. The predicted molar refractivity (Wildman–Crippen MR) is 81.3 cm³/mol. The van der Waals surface area contributed by atoms with Crippen LogP contribution < -0.4 is 4.90 Å². The summed E-state index contributed by atoms with van der Waals surface area (Å²) in [4.78, 5) is 25.3. The van der Waals surface area contributed by atoms with Crippen molar-refractivity contribution >= 4 is 17.4 Å². The topological polar surface area (TPSA) is 55.8 Å². The molecule has 0 N–H and O–H groups in total. The average molecular weight is 363 g/mol. The smallest absolute Gasteiger partial charge is 0.345 e. The van der Waals surface area contributed by atoms with Crippen LogP contribution in [0.5, 0.6) is 0 Å². The third-order valence-electron chi connectivity index (χ3n) is 3.02. The van der Waals surface area contributed by atoms with Crippen LogP contribution in [-0.4, -0.2) is 39.1 Å². The molecule has 0 radical (unpaired) electrons. The van der Waals surface area contributed by atoms with Crippen molar-refractivity contribution in [2.75, 3.05) is 32.2 Å². The van der Waals surface area contributed by atoms with Crippen molar-refractivity contribution in [3.63, 3.8) is 0 Å². The Morgan fingerprint density at radius 2 is 1.52 bits per heavy atom. The number of carbonyl (C=O) groups is 2. The molecule has 0 saturated heterocycles. The van der Waals surface area contributed by atoms with Crippen LogP contribution in [0.4, 0.5) is 23.2 Å². The number of benzene rings is 1. The highest BCUT2D eigenvalue weighted by Gasteiger charge is 2.34. The van der Waals surface area contributed by atoms with Crippen LogP contribution in [0, 0.1) is 23.3 Å². The molecule has 0 saturated carbocycles. The summed E-state index contributed by atoms with van der Waals surface area (Å²) in [7, 11) is 2.39. The normalized spacial score (nSPS) is 11.3. The van der Waals surface area contributed by atoms with Crippen molar-refractivity contribution < 1.29 is 36.6 Å². The Morgan fingerprint density at radius 1 is 0.960 bits per heavy atom. The van der Waals surface area contributed by atoms with Crippen LogP contribution in [-0.2, 0) is 14.3 Å². The van der Waals surface area contributed by atoms with Crippen LogP contribution in [0.25, 0.3) is 0 Å². The van der Waals surface area contributed by atoms with Crippen molar-refractivity contribution in [1.82, 2.24) is 0 Å². The lowest BCUT2D eigenvalue weighted by atomic mass is 10.00. The van der Waals surface area contributed by atoms with Gasteiger partial charge in [-0.15, -0.1) is 0 Å². The number of hydrogen-bond donors (Lipinski definition) is 0. The fraction of sp³-hybridized carbons (Fsp3) is 0.375. The fourth-order valence-corrected chi connectivity index (χ4v) is 1.95. The van der Waals surface area contributed by atoms with Gasteiger partial charge in [0.15, 0.2) is 23.3 Å². The predicted octanol–water partition coefficient (Wildman–Crippen LogP) is 2.98. The summed E-state index contributed by atoms with van der Waals surface area (Å²) in [6.45, 7) is 2.96. The molecule has 0 aliphatic rings. The number of halogens is 4. The third-order valence-corrected chi connectivity index (χ3v) is 3.02. The van der Waals surface area contributed by atoms with E-state index in [1.165, 1.54) is 21.0 Å². The summed E-state index contributed by atoms with van der Waals surface area (Å²) in [5.74, 6) is -10.5. The molecule has 0 aliphatic carbocycles. The Kier molecular flexibility index (Phi) is 6.96. The number of carbonyl (C=O) groups excluding carboxylic acids is 2. The molecule has 0 amide bonds. The van der Waals surface area contributed by atoms with Gasteiger partial charge in [-0.3, -0.25) is 4.79 Å². The molecule has 0 heterocycles. The van der Waals surface area contributed by atoms with Crippen LogP contribution in [0.1, 0.15) is 24.2 Å². The number of nitrogens with zero attached hydrogens (tertiary/aromatic N) is 1. The Labute approximate surface area is 141 Å². The second-order valence-corrected chi connectivity index (χ2v) is 4.91. The summed E-state index contributed by atoms with van der Waals surface area (Å²) >= 11 is 0. The van der Waals surface area contributed by atoms with E-state index in [0.29, 0.717) is 6.26 Å². The summed E-state index contributed by atoms with van der Waals surface area (Å²) in [5.41, 5.74) is -2.76. The van der Waals surface area contributed by atoms with Crippen molar-refractivity contribution in [2.24, 2.45) is 0 Å². The van der Waals surface area contributed by atoms with Gasteiger partial charge in [-0.2, -0.15) is 0 Å². The van der Waals surface area contributed by atoms with Gasteiger partial charge in [0.05, 0.1) is 24.5 Å². The number of esters is 1. The van der Waals surface area contributed by atoms with Crippen LogP contribution in [0.2, 0.25) is 0 Å². The zero-order valence-electron chi connectivity index (χ0n) is 14.1. The van der Waals surface area contributed by atoms with Gasteiger partial charge < -0.3 is 14.4 Å². The first kappa shape index (κ1) is 20.5. The van der Waals surface area contributed by atoms with Gasteiger partial charge in [-0.1, -0.05) is 0 Å². The maximum Gasteiger partial charge on any atom is 0.345 e. The standard InChI is InChI=1S/C16H17F4NO4/c1-5-24-7-8(16(23)25-6-2)15(22)9-10(17)11(18)12(19)13(20)14(9)21(3)4/h7H,5-6H2,1-4H3. The van der Waals surface area contributed by atoms with Crippen LogP contribution >= 0.6 is 0 Å². The minimum absolute atomic E-state index is 0.0609. The summed E-state index contributed by atoms with van der Waals surface area (Å²) < 4.78 is 64.8. The van der Waals surface area contributed by atoms with E-state index in [1.54, 1.807) is 6.92 Å². The lowest BCUT2D eigenvalue weighted by Crippen LogP contribution is -2.24. The van der Waals surface area contributed by atoms with Gasteiger partial charge in [0.25, 0.3) is 0 Å². The first-order valence-electron chi connectivity index (χ1n) is 7.25. The minimum Gasteiger partial charge on any atom is -0.500 e. The lowest BCUT2D eigenvalue weighted by molar-refractivity contribution is -0.138. The largest absolute Gasteiger partial charge is 0.500 e. The minimum atomic E-state index is -2.16. The molecule has 1 aromatic carbocycles. The maximum absolute atomic E-state index is 14.2. The van der Waals surface area contributed by atoms with Gasteiger partial charge in [0, 0.05) is 14.1 Å². The molecule has 0 atom stereocenters. The number of anilines is 1. The molecular weight excluding hydrogens is 346 g/mol. The zero-order valence-corrected chi connectivity index (χ0v) is 14.1. The molecule has 1 aromatic rings. The summed E-state index contributed by atoms with van der Waals surface area (Å²) in [6.07, 6.45) is 0.707. The van der Waals surface area contributed by atoms with E-state index >= 15 is 0 Å². The van der Waals surface area contributed by atoms with E-state index in [2.05, 4.69) is 4.74 Å². The molecule has 9 heteroatoms. The van der Waals surface area contributed by atoms with Crippen molar-refractivity contribution in [1.29, 1.82) is 0 Å². The van der Waals surface area contributed by atoms with E-state index in [1.807, 2.05) is 0 Å². The Balaban J connectivity index is 3.66. The highest BCUT2D eigenvalue weighted by atomic mass is 19.2. The van der Waals surface area contributed by atoms with E-state index in [4.69, 9.17) is 4.74 Å². The molecule has 0 aliphatic heterocycles. The molecule has 0 fully saturated rings. The number of rotatable bonds is 7. The van der Waals surface area contributed by atoms with Crippen molar-refractivity contribution in [3.8, 4) is 0 Å². The Bertz CT molecular complexity index is 717. The summed E-state index contributed by atoms with van der Waals surface area (Å²) in [5, 5.41) is 0. The maximum atomic E-state index is 14.2. The van der Waals surface area contributed by atoms with E-state index in [9.17, 15) is 27.2 Å². The first-order valence-corrected chi connectivity index (χ1v) is 7.25. The monoisotopic (exact) mass is 363 g/mol. The molecule has 0 spiro atoms. The van der Waals surface area contributed by atoms with Gasteiger partial charge in [0.2, 0.25) is 5.78 Å². The lowest BCUT2D eigenvalue weighted by Gasteiger charge is -2.19. The quantitative estimate of drug-likeness (QED) is 0.0858. The van der Waals surface area contributed by atoms with E-state index in [-0.39, 0.29) is 13.2 Å². The molecule has 0 bridgehead atoms. The third kappa shape index (κ3) is 4.09. The molecule has 0 unspecified atom stereocenters. The van der Waals surface area contributed by atoms with Crippen molar-refractivity contribution in [3.05, 3.63) is 40.7 Å². The molecule has 0 aromatic heterocycles.